The molecule has 1 unspecified atom stereocenters. The molecule has 0 aromatic rings. The molecule has 0 fully saturated rings. The zero-order valence-electron chi connectivity index (χ0n) is 48.2. The Morgan fingerprint density at radius 1 is 0.278 bits per heavy atom. The molecule has 0 aromatic carbocycles. The zero-order valence-corrected chi connectivity index (χ0v) is 48.2. The summed E-state index contributed by atoms with van der Waals surface area (Å²) in [5, 5.41) is 0. The van der Waals surface area contributed by atoms with Crippen molar-refractivity contribution in [2.24, 2.45) is 0 Å². The highest BCUT2D eigenvalue weighted by molar-refractivity contribution is 5.71. The van der Waals surface area contributed by atoms with Crippen molar-refractivity contribution in [3.8, 4) is 0 Å². The van der Waals surface area contributed by atoms with Crippen LogP contribution in [0.3, 0.4) is 0 Å². The van der Waals surface area contributed by atoms with Crippen molar-refractivity contribution < 1.29 is 28.6 Å². The number of esters is 3. The molecule has 6 nitrogen and oxygen atoms in total. The van der Waals surface area contributed by atoms with Gasteiger partial charge in [-0.05, 0) is 103 Å². The molecule has 6 heteroatoms. The van der Waals surface area contributed by atoms with Gasteiger partial charge in [0.25, 0.3) is 0 Å². The van der Waals surface area contributed by atoms with Gasteiger partial charge in [0.05, 0.1) is 0 Å². The van der Waals surface area contributed by atoms with Crippen LogP contribution < -0.4 is 0 Å². The molecule has 0 rings (SSSR count). The summed E-state index contributed by atoms with van der Waals surface area (Å²) in [6.45, 7) is 6.65. The molecule has 420 valence electrons. The molecule has 0 saturated heterocycles. The maximum atomic E-state index is 12.9. The lowest BCUT2D eigenvalue weighted by Gasteiger charge is -2.18. The molecule has 0 aromatic heterocycles. The Balaban J connectivity index is 4.34. The molecule has 0 radical (unpaired) electrons. The second-order valence-corrected chi connectivity index (χ2v) is 21.3. The number of carbonyl (C=O) groups is 3. The Morgan fingerprint density at radius 3 is 0.778 bits per heavy atom. The summed E-state index contributed by atoms with van der Waals surface area (Å²) >= 11 is 0. The first-order chi connectivity index (χ1) is 35.5. The third kappa shape index (κ3) is 58.3. The smallest absolute Gasteiger partial charge is 0.306 e. The lowest BCUT2D eigenvalue weighted by Crippen LogP contribution is -2.30. The van der Waals surface area contributed by atoms with E-state index in [0.29, 0.717) is 19.3 Å². The first kappa shape index (κ1) is 69.4. The van der Waals surface area contributed by atoms with Crippen LogP contribution in [0.1, 0.15) is 335 Å². The van der Waals surface area contributed by atoms with E-state index in [1.54, 1.807) is 0 Å². The van der Waals surface area contributed by atoms with Crippen molar-refractivity contribution in [1.29, 1.82) is 0 Å². The molecule has 0 aliphatic heterocycles. The van der Waals surface area contributed by atoms with Crippen LogP contribution in [0.25, 0.3) is 0 Å². The maximum absolute atomic E-state index is 12.9. The van der Waals surface area contributed by atoms with Crippen LogP contribution in [-0.4, -0.2) is 37.2 Å². The topological polar surface area (TPSA) is 78.9 Å². The molecule has 0 saturated carbocycles. The van der Waals surface area contributed by atoms with E-state index >= 15 is 0 Å². The minimum Gasteiger partial charge on any atom is -0.462 e. The predicted octanol–water partition coefficient (Wildman–Crippen LogP) is 21.4. The van der Waals surface area contributed by atoms with Gasteiger partial charge in [0.2, 0.25) is 0 Å². The summed E-state index contributed by atoms with van der Waals surface area (Å²) in [6.07, 6.45) is 75.4. The molecule has 0 aliphatic rings. The summed E-state index contributed by atoms with van der Waals surface area (Å²) in [5.74, 6) is -0.873. The lowest BCUT2D eigenvalue weighted by molar-refractivity contribution is -0.167. The highest BCUT2D eigenvalue weighted by Crippen LogP contribution is 2.16. The second kappa shape index (κ2) is 60.9. The van der Waals surface area contributed by atoms with Crippen molar-refractivity contribution in [1.82, 2.24) is 0 Å². The highest BCUT2D eigenvalue weighted by atomic mass is 16.6. The minimum atomic E-state index is -0.779. The summed E-state index contributed by atoms with van der Waals surface area (Å²) in [6, 6.07) is 0. The number of unbranched alkanes of at least 4 members (excludes halogenated alkanes) is 39. The van der Waals surface area contributed by atoms with E-state index in [4.69, 9.17) is 14.2 Å². The quantitative estimate of drug-likeness (QED) is 0.0261. The fourth-order valence-electron chi connectivity index (χ4n) is 9.23. The van der Waals surface area contributed by atoms with E-state index < -0.39 is 6.10 Å². The minimum absolute atomic E-state index is 0.0767. The van der Waals surface area contributed by atoms with E-state index in [0.717, 1.165) is 70.6 Å². The molecule has 0 spiro atoms. The van der Waals surface area contributed by atoms with Crippen LogP contribution in [0.4, 0.5) is 0 Å². The van der Waals surface area contributed by atoms with Crippen LogP contribution in [0.2, 0.25) is 0 Å². The third-order valence-electron chi connectivity index (χ3n) is 14.0. The SMILES string of the molecule is CCCCCCC/C=C\C/C=C\CCCCCCCCCCCC(=O)OCC(COC(=O)CCCCCCC/C=C\CCCCCCC)OC(=O)CCCCCCCCCCC/C=C\CCCCCCCC. The Morgan fingerprint density at radius 2 is 0.500 bits per heavy atom. The Labute approximate surface area is 448 Å². The average Bonchev–Trinajstić information content (AvgIpc) is 3.38. The molecular formula is C66H120O6. The largest absolute Gasteiger partial charge is 0.462 e. The van der Waals surface area contributed by atoms with Crippen LogP contribution in [0.15, 0.2) is 48.6 Å². The number of allylic oxidation sites excluding steroid dienone is 8. The third-order valence-corrected chi connectivity index (χ3v) is 14.0. The first-order valence-corrected chi connectivity index (χ1v) is 31.6. The second-order valence-electron chi connectivity index (χ2n) is 21.3. The predicted molar refractivity (Wildman–Crippen MR) is 312 cm³/mol. The van der Waals surface area contributed by atoms with Crippen molar-refractivity contribution >= 4 is 17.9 Å². The van der Waals surface area contributed by atoms with Crippen molar-refractivity contribution in [2.45, 2.75) is 341 Å². The summed E-state index contributed by atoms with van der Waals surface area (Å²) < 4.78 is 16.9. The normalized spacial score (nSPS) is 12.3. The van der Waals surface area contributed by atoms with Gasteiger partial charge in [-0.2, -0.15) is 0 Å². The lowest BCUT2D eigenvalue weighted by atomic mass is 10.1. The van der Waals surface area contributed by atoms with Gasteiger partial charge in [-0.1, -0.05) is 262 Å². The molecule has 0 heterocycles. The van der Waals surface area contributed by atoms with Crippen LogP contribution in [0.5, 0.6) is 0 Å². The highest BCUT2D eigenvalue weighted by Gasteiger charge is 2.19. The molecule has 0 bridgehead atoms. The van der Waals surface area contributed by atoms with Gasteiger partial charge in [0, 0.05) is 19.3 Å². The number of hydrogen-bond acceptors (Lipinski definition) is 6. The molecule has 0 amide bonds. The summed E-state index contributed by atoms with van der Waals surface area (Å²) in [7, 11) is 0. The van der Waals surface area contributed by atoms with Gasteiger partial charge in [-0.3, -0.25) is 14.4 Å². The molecule has 0 N–H and O–H groups in total. The van der Waals surface area contributed by atoms with E-state index in [1.165, 1.54) is 225 Å². The zero-order chi connectivity index (χ0) is 52.2. The molecule has 72 heavy (non-hydrogen) atoms. The van der Waals surface area contributed by atoms with E-state index in [1.807, 2.05) is 0 Å². The monoisotopic (exact) mass is 1010 g/mol. The summed E-state index contributed by atoms with van der Waals surface area (Å²) in [5.41, 5.74) is 0. The van der Waals surface area contributed by atoms with Gasteiger partial charge >= 0.3 is 17.9 Å². The molecule has 0 aliphatic carbocycles. The van der Waals surface area contributed by atoms with E-state index in [-0.39, 0.29) is 31.1 Å². The van der Waals surface area contributed by atoms with Crippen LogP contribution >= 0.6 is 0 Å². The van der Waals surface area contributed by atoms with E-state index in [9.17, 15) is 14.4 Å². The first-order valence-electron chi connectivity index (χ1n) is 31.6. The maximum Gasteiger partial charge on any atom is 0.306 e. The van der Waals surface area contributed by atoms with E-state index in [2.05, 4.69) is 69.4 Å². The summed E-state index contributed by atoms with van der Waals surface area (Å²) in [4.78, 5) is 38.3. The van der Waals surface area contributed by atoms with Gasteiger partial charge in [0.1, 0.15) is 13.2 Å². The van der Waals surface area contributed by atoms with Gasteiger partial charge in [-0.15, -0.1) is 0 Å². The Hall–Kier alpha value is -2.63. The number of rotatable bonds is 58. The van der Waals surface area contributed by atoms with Crippen LogP contribution in [0, 0.1) is 0 Å². The molecular weight excluding hydrogens is 889 g/mol. The standard InChI is InChI=1S/C66H120O6/c1-4-7-10-13-16-19-22-25-28-30-32-33-35-36-38-41-44-47-50-53-56-59-65(68)71-62-63(61-70-64(67)58-55-52-49-46-43-40-27-24-21-18-15-12-9-6-3)72-66(69)60-57-54-51-48-45-42-39-37-34-31-29-26-23-20-17-14-11-8-5-2/h22,24-27,29-30,32,63H,4-21,23,28,31,33-62H2,1-3H3/b25-22-,27-24-,29-26-,32-30-. The number of ether oxygens (including phenoxy) is 3. The molecule has 1 atom stereocenters. The van der Waals surface area contributed by atoms with Crippen molar-refractivity contribution in [2.75, 3.05) is 13.2 Å². The van der Waals surface area contributed by atoms with Crippen molar-refractivity contribution in [3.63, 3.8) is 0 Å². The number of carbonyl (C=O) groups excluding carboxylic acids is 3. The van der Waals surface area contributed by atoms with Gasteiger partial charge < -0.3 is 14.2 Å². The fraction of sp³-hybridized carbons (Fsp3) is 0.833. The van der Waals surface area contributed by atoms with Crippen LogP contribution in [-0.2, 0) is 28.6 Å². The van der Waals surface area contributed by atoms with Gasteiger partial charge in [0.15, 0.2) is 6.10 Å². The Kier molecular flexibility index (Phi) is 58.7. The average molecular weight is 1010 g/mol. The number of hydrogen-bond donors (Lipinski definition) is 0. The Bertz CT molecular complexity index is 1250. The van der Waals surface area contributed by atoms with Crippen molar-refractivity contribution in [3.05, 3.63) is 48.6 Å². The van der Waals surface area contributed by atoms with Gasteiger partial charge in [-0.25, -0.2) is 0 Å². The fourth-order valence-corrected chi connectivity index (χ4v) is 9.23.